The van der Waals surface area contributed by atoms with Gasteiger partial charge in [0.05, 0.1) is 6.04 Å². The van der Waals surface area contributed by atoms with E-state index in [0.717, 1.165) is 45.3 Å². The fourth-order valence-corrected chi connectivity index (χ4v) is 2.21. The molecule has 3 N–H and O–H groups in total. The highest BCUT2D eigenvalue weighted by Gasteiger charge is 2.29. The SMILES string of the molecule is CCCC(N)C(=O)NCC1(C)CCN(C)CC1. The van der Waals surface area contributed by atoms with Gasteiger partial charge in [-0.3, -0.25) is 4.79 Å². The first-order chi connectivity index (χ1) is 7.97. The molecule has 1 heterocycles. The summed E-state index contributed by atoms with van der Waals surface area (Å²) in [7, 11) is 2.15. The van der Waals surface area contributed by atoms with Gasteiger partial charge >= 0.3 is 0 Å². The summed E-state index contributed by atoms with van der Waals surface area (Å²) in [5, 5.41) is 3.01. The molecule has 1 atom stereocenters. The van der Waals surface area contributed by atoms with Crippen molar-refractivity contribution in [1.82, 2.24) is 10.2 Å². The van der Waals surface area contributed by atoms with Crippen LogP contribution in [0.5, 0.6) is 0 Å². The average Bonchev–Trinajstić information content (AvgIpc) is 2.31. The van der Waals surface area contributed by atoms with E-state index < -0.39 is 0 Å². The van der Waals surface area contributed by atoms with Gasteiger partial charge in [-0.05, 0) is 44.8 Å². The van der Waals surface area contributed by atoms with Crippen LogP contribution >= 0.6 is 0 Å². The first-order valence-electron chi connectivity index (χ1n) is 6.69. The Morgan fingerprint density at radius 1 is 1.47 bits per heavy atom. The van der Waals surface area contributed by atoms with Gasteiger partial charge in [0.2, 0.25) is 5.91 Å². The summed E-state index contributed by atoms with van der Waals surface area (Å²) in [4.78, 5) is 14.1. The van der Waals surface area contributed by atoms with Crippen LogP contribution in [0.25, 0.3) is 0 Å². The number of nitrogens with one attached hydrogen (secondary N) is 1. The van der Waals surface area contributed by atoms with Gasteiger partial charge in [0, 0.05) is 6.54 Å². The van der Waals surface area contributed by atoms with E-state index in [1.165, 1.54) is 0 Å². The zero-order valence-corrected chi connectivity index (χ0v) is 11.5. The molecule has 1 unspecified atom stereocenters. The average molecular weight is 241 g/mol. The Kier molecular flexibility index (Phi) is 5.40. The standard InChI is InChI=1S/C13H27N3O/c1-4-5-11(14)12(17)15-10-13(2)6-8-16(3)9-7-13/h11H,4-10,14H2,1-3H3,(H,15,17). The molecular formula is C13H27N3O. The molecule has 1 aliphatic heterocycles. The Morgan fingerprint density at radius 2 is 2.06 bits per heavy atom. The van der Waals surface area contributed by atoms with E-state index in [9.17, 15) is 4.79 Å². The summed E-state index contributed by atoms with van der Waals surface area (Å²) in [5.41, 5.74) is 6.03. The summed E-state index contributed by atoms with van der Waals surface area (Å²) in [6.07, 6.45) is 4.02. The number of hydrogen-bond acceptors (Lipinski definition) is 3. The largest absolute Gasteiger partial charge is 0.354 e. The molecule has 1 aliphatic rings. The topological polar surface area (TPSA) is 58.4 Å². The monoisotopic (exact) mass is 241 g/mol. The van der Waals surface area contributed by atoms with Gasteiger partial charge in [0.25, 0.3) is 0 Å². The van der Waals surface area contributed by atoms with Crippen molar-refractivity contribution in [3.8, 4) is 0 Å². The molecule has 100 valence electrons. The molecule has 4 nitrogen and oxygen atoms in total. The highest BCUT2D eigenvalue weighted by molar-refractivity contribution is 5.81. The minimum Gasteiger partial charge on any atom is -0.354 e. The second-order valence-electron chi connectivity index (χ2n) is 5.73. The van der Waals surface area contributed by atoms with Gasteiger partial charge in [-0.25, -0.2) is 0 Å². The third-order valence-electron chi connectivity index (χ3n) is 3.82. The van der Waals surface area contributed by atoms with E-state index in [0.29, 0.717) is 0 Å². The van der Waals surface area contributed by atoms with Crippen LogP contribution in [0.1, 0.15) is 39.5 Å². The lowest BCUT2D eigenvalue weighted by molar-refractivity contribution is -0.123. The van der Waals surface area contributed by atoms with Crippen LogP contribution in [-0.4, -0.2) is 43.5 Å². The third kappa shape index (κ3) is 4.64. The van der Waals surface area contributed by atoms with Crippen molar-refractivity contribution in [2.24, 2.45) is 11.1 Å². The van der Waals surface area contributed by atoms with Crippen molar-refractivity contribution < 1.29 is 4.79 Å². The van der Waals surface area contributed by atoms with E-state index in [-0.39, 0.29) is 17.4 Å². The highest BCUT2D eigenvalue weighted by atomic mass is 16.2. The number of piperidine rings is 1. The number of carbonyl (C=O) groups excluding carboxylic acids is 1. The fraction of sp³-hybridized carbons (Fsp3) is 0.923. The molecule has 0 radical (unpaired) electrons. The fourth-order valence-electron chi connectivity index (χ4n) is 2.21. The first kappa shape index (κ1) is 14.5. The number of nitrogens with zero attached hydrogens (tertiary/aromatic N) is 1. The van der Waals surface area contributed by atoms with E-state index in [4.69, 9.17) is 5.73 Å². The molecule has 0 aromatic carbocycles. The zero-order chi connectivity index (χ0) is 12.9. The van der Waals surface area contributed by atoms with Gasteiger partial charge in [0.1, 0.15) is 0 Å². The lowest BCUT2D eigenvalue weighted by atomic mass is 9.80. The van der Waals surface area contributed by atoms with Crippen molar-refractivity contribution in [3.63, 3.8) is 0 Å². The van der Waals surface area contributed by atoms with Crippen LogP contribution < -0.4 is 11.1 Å². The second-order valence-corrected chi connectivity index (χ2v) is 5.73. The Balaban J connectivity index is 2.32. The van der Waals surface area contributed by atoms with Crippen molar-refractivity contribution in [1.29, 1.82) is 0 Å². The van der Waals surface area contributed by atoms with E-state index in [2.05, 4.69) is 24.2 Å². The molecule has 1 amide bonds. The summed E-state index contributed by atoms with van der Waals surface area (Å²) in [6.45, 7) is 7.30. The van der Waals surface area contributed by atoms with E-state index in [1.807, 2.05) is 6.92 Å². The normalized spacial score (nSPS) is 22.1. The maximum atomic E-state index is 11.7. The van der Waals surface area contributed by atoms with Gasteiger partial charge in [-0.2, -0.15) is 0 Å². The van der Waals surface area contributed by atoms with E-state index >= 15 is 0 Å². The minimum atomic E-state index is -0.338. The number of amides is 1. The summed E-state index contributed by atoms with van der Waals surface area (Å²) in [5.74, 6) is 0.00648. The molecule has 0 bridgehead atoms. The molecule has 0 saturated carbocycles. The van der Waals surface area contributed by atoms with Crippen molar-refractivity contribution >= 4 is 5.91 Å². The number of nitrogens with two attached hydrogens (primary N) is 1. The van der Waals surface area contributed by atoms with Crippen molar-refractivity contribution in [2.45, 2.75) is 45.6 Å². The smallest absolute Gasteiger partial charge is 0.236 e. The minimum absolute atomic E-state index is 0.00648. The molecule has 1 fully saturated rings. The maximum absolute atomic E-state index is 11.7. The van der Waals surface area contributed by atoms with Gasteiger partial charge in [-0.1, -0.05) is 20.3 Å². The number of carbonyl (C=O) groups is 1. The number of hydrogen-bond donors (Lipinski definition) is 2. The van der Waals surface area contributed by atoms with Crippen molar-refractivity contribution in [3.05, 3.63) is 0 Å². The van der Waals surface area contributed by atoms with Crippen LogP contribution in [0.4, 0.5) is 0 Å². The predicted octanol–water partition coefficient (Wildman–Crippen LogP) is 0.962. The Hall–Kier alpha value is -0.610. The van der Waals surface area contributed by atoms with Crippen LogP contribution in [-0.2, 0) is 4.79 Å². The molecule has 1 saturated heterocycles. The molecule has 17 heavy (non-hydrogen) atoms. The lowest BCUT2D eigenvalue weighted by Crippen LogP contribution is -2.47. The molecule has 0 spiro atoms. The lowest BCUT2D eigenvalue weighted by Gasteiger charge is -2.38. The van der Waals surface area contributed by atoms with Crippen LogP contribution in [0.3, 0.4) is 0 Å². The van der Waals surface area contributed by atoms with E-state index in [1.54, 1.807) is 0 Å². The van der Waals surface area contributed by atoms with Crippen LogP contribution in [0, 0.1) is 5.41 Å². The molecule has 4 heteroatoms. The highest BCUT2D eigenvalue weighted by Crippen LogP contribution is 2.29. The Morgan fingerprint density at radius 3 is 2.59 bits per heavy atom. The Labute approximate surface area is 105 Å². The molecule has 0 aromatic heterocycles. The summed E-state index contributed by atoms with van der Waals surface area (Å²) in [6, 6.07) is -0.338. The summed E-state index contributed by atoms with van der Waals surface area (Å²) < 4.78 is 0. The Bertz CT molecular complexity index is 247. The summed E-state index contributed by atoms with van der Waals surface area (Å²) >= 11 is 0. The second kappa shape index (κ2) is 6.36. The third-order valence-corrected chi connectivity index (χ3v) is 3.82. The maximum Gasteiger partial charge on any atom is 0.236 e. The molecule has 1 rings (SSSR count). The van der Waals surface area contributed by atoms with Gasteiger partial charge < -0.3 is 16.0 Å². The molecule has 0 aliphatic carbocycles. The quantitative estimate of drug-likeness (QED) is 0.754. The number of rotatable bonds is 5. The molecular weight excluding hydrogens is 214 g/mol. The van der Waals surface area contributed by atoms with Crippen LogP contribution in [0.15, 0.2) is 0 Å². The number of likely N-dealkylation sites (tertiary alicyclic amines) is 1. The van der Waals surface area contributed by atoms with Crippen LogP contribution in [0.2, 0.25) is 0 Å². The predicted molar refractivity (Wildman–Crippen MR) is 70.7 cm³/mol. The van der Waals surface area contributed by atoms with Crippen molar-refractivity contribution in [2.75, 3.05) is 26.7 Å². The first-order valence-corrected chi connectivity index (χ1v) is 6.69. The van der Waals surface area contributed by atoms with Gasteiger partial charge in [0.15, 0.2) is 0 Å². The van der Waals surface area contributed by atoms with Gasteiger partial charge in [-0.15, -0.1) is 0 Å². The molecule has 0 aromatic rings. The zero-order valence-electron chi connectivity index (χ0n) is 11.5.